The van der Waals surface area contributed by atoms with E-state index in [4.69, 9.17) is 5.73 Å². The predicted molar refractivity (Wildman–Crippen MR) is 130 cm³/mol. The zero-order valence-electron chi connectivity index (χ0n) is 19.6. The lowest BCUT2D eigenvalue weighted by Gasteiger charge is -2.56. The Balaban J connectivity index is 1.52. The number of nitrogens with zero attached hydrogens (tertiary/aromatic N) is 1. The van der Waals surface area contributed by atoms with E-state index in [1.807, 2.05) is 11.8 Å². The highest BCUT2D eigenvalue weighted by Gasteiger charge is 2.61. The van der Waals surface area contributed by atoms with Gasteiger partial charge in [0.25, 0.3) is 0 Å². The van der Waals surface area contributed by atoms with Crippen molar-refractivity contribution >= 4 is 17.7 Å². The number of carbonyl (C=O) groups is 1. The zero-order chi connectivity index (χ0) is 21.9. The molecular formula is C27H40N2OS. The molecule has 4 heteroatoms. The molecule has 2 N–H and O–H groups in total. The third-order valence-corrected chi connectivity index (χ3v) is 10.2. The molecule has 170 valence electrons. The molecule has 5 aliphatic rings. The lowest BCUT2D eigenvalue weighted by atomic mass is 9.49. The van der Waals surface area contributed by atoms with Gasteiger partial charge in [0.15, 0.2) is 0 Å². The average molecular weight is 441 g/mol. The highest BCUT2D eigenvalue weighted by Crippen LogP contribution is 2.65. The molecule has 1 aromatic rings. The quantitative estimate of drug-likeness (QED) is 0.709. The summed E-state index contributed by atoms with van der Waals surface area (Å²) in [5.41, 5.74) is 7.94. The van der Waals surface area contributed by atoms with E-state index < -0.39 is 0 Å². The van der Waals surface area contributed by atoms with Crippen molar-refractivity contribution in [1.82, 2.24) is 4.90 Å². The minimum Gasteiger partial charge on any atom is -0.342 e. The summed E-state index contributed by atoms with van der Waals surface area (Å²) in [4.78, 5) is 16.5. The van der Waals surface area contributed by atoms with Gasteiger partial charge in [-0.2, -0.15) is 11.8 Å². The summed E-state index contributed by atoms with van der Waals surface area (Å²) in [7, 11) is 0. The summed E-state index contributed by atoms with van der Waals surface area (Å²) in [6.45, 7) is 6.13. The highest BCUT2D eigenvalue weighted by atomic mass is 32.2. The fourth-order valence-corrected chi connectivity index (χ4v) is 8.99. The van der Waals surface area contributed by atoms with Crippen LogP contribution >= 0.6 is 11.8 Å². The summed E-state index contributed by atoms with van der Waals surface area (Å²) in [6, 6.07) is 11.4. The van der Waals surface area contributed by atoms with Crippen LogP contribution in [0.3, 0.4) is 0 Å². The molecule has 6 atom stereocenters. The van der Waals surface area contributed by atoms with E-state index in [1.165, 1.54) is 30.6 Å². The Bertz CT molecular complexity index is 826. The number of hydrogen-bond acceptors (Lipinski definition) is 3. The molecule has 1 heterocycles. The normalized spacial score (nSPS) is 41.2. The maximum atomic E-state index is 14.3. The number of amides is 1. The molecule has 1 aromatic carbocycles. The molecule has 3 nitrogen and oxygen atoms in total. The van der Waals surface area contributed by atoms with E-state index in [2.05, 4.69) is 55.3 Å². The Hall–Kier alpha value is -1.00. The molecule has 6 rings (SSSR count). The molecule has 0 spiro atoms. The Morgan fingerprint density at radius 3 is 2.65 bits per heavy atom. The molecule has 1 aliphatic heterocycles. The van der Waals surface area contributed by atoms with Gasteiger partial charge in [0.2, 0.25) is 5.91 Å². The Morgan fingerprint density at radius 1 is 1.16 bits per heavy atom. The van der Waals surface area contributed by atoms with Crippen molar-refractivity contribution in [3.63, 3.8) is 0 Å². The van der Waals surface area contributed by atoms with Crippen LogP contribution in [0, 0.1) is 28.6 Å². The van der Waals surface area contributed by atoms with Crippen molar-refractivity contribution in [2.45, 2.75) is 70.3 Å². The van der Waals surface area contributed by atoms with Crippen molar-refractivity contribution in [2.24, 2.45) is 34.3 Å². The molecule has 5 unspecified atom stereocenters. The molecule has 0 radical (unpaired) electrons. The minimum absolute atomic E-state index is 0.00473. The smallest absolute Gasteiger partial charge is 0.228 e. The van der Waals surface area contributed by atoms with Crippen molar-refractivity contribution in [3.05, 3.63) is 35.9 Å². The first-order chi connectivity index (χ1) is 14.8. The van der Waals surface area contributed by atoms with Gasteiger partial charge in [0.05, 0.1) is 5.41 Å². The molecule has 1 saturated heterocycles. The first-order valence-corrected chi connectivity index (χ1v) is 13.8. The van der Waals surface area contributed by atoms with Crippen LogP contribution in [0.1, 0.15) is 64.4 Å². The molecule has 4 saturated carbocycles. The molecule has 1 amide bonds. The average Bonchev–Trinajstić information content (AvgIpc) is 2.92. The van der Waals surface area contributed by atoms with Gasteiger partial charge >= 0.3 is 0 Å². The lowest BCUT2D eigenvalue weighted by molar-refractivity contribution is -0.155. The van der Waals surface area contributed by atoms with Gasteiger partial charge in [-0.25, -0.2) is 0 Å². The predicted octanol–water partition coefficient (Wildman–Crippen LogP) is 5.09. The topological polar surface area (TPSA) is 46.3 Å². The van der Waals surface area contributed by atoms with Crippen LogP contribution in [0.2, 0.25) is 0 Å². The number of rotatable bonds is 4. The lowest BCUT2D eigenvalue weighted by Crippen LogP contribution is -2.60. The summed E-state index contributed by atoms with van der Waals surface area (Å²) in [5, 5.41) is 0. The minimum atomic E-state index is -0.160. The van der Waals surface area contributed by atoms with Gasteiger partial charge in [-0.1, -0.05) is 44.2 Å². The van der Waals surface area contributed by atoms with E-state index >= 15 is 0 Å². The SMILES string of the molecule is CSCC1CC2CC3(C(=O)N4CC[C@H](N)C(C)(C)C4)CC1CC(c1ccccc1)(C2)C3. The molecule has 0 aromatic heterocycles. The Morgan fingerprint density at radius 2 is 1.94 bits per heavy atom. The number of likely N-dealkylation sites (tertiary alicyclic amines) is 1. The largest absolute Gasteiger partial charge is 0.342 e. The number of nitrogens with two attached hydrogens (primary N) is 1. The second-order valence-corrected chi connectivity index (χ2v) is 13.0. The van der Waals surface area contributed by atoms with Crippen LogP contribution < -0.4 is 5.73 Å². The van der Waals surface area contributed by atoms with Crippen LogP contribution in [0.4, 0.5) is 0 Å². The monoisotopic (exact) mass is 440 g/mol. The molecule has 31 heavy (non-hydrogen) atoms. The van der Waals surface area contributed by atoms with Gasteiger partial charge in [0, 0.05) is 19.1 Å². The summed E-state index contributed by atoms with van der Waals surface area (Å²) in [6.07, 6.45) is 10.4. The molecule has 5 fully saturated rings. The Labute approximate surface area is 192 Å². The van der Waals surface area contributed by atoms with Crippen molar-refractivity contribution in [2.75, 3.05) is 25.1 Å². The van der Waals surface area contributed by atoms with Gasteiger partial charge in [-0.3, -0.25) is 4.79 Å². The number of hydrogen-bond donors (Lipinski definition) is 1. The van der Waals surface area contributed by atoms with E-state index in [9.17, 15) is 4.79 Å². The van der Waals surface area contributed by atoms with Crippen molar-refractivity contribution in [1.29, 1.82) is 0 Å². The zero-order valence-corrected chi connectivity index (χ0v) is 20.4. The third-order valence-electron chi connectivity index (χ3n) is 9.46. The van der Waals surface area contributed by atoms with Gasteiger partial charge in [-0.05, 0) is 91.1 Å². The van der Waals surface area contributed by atoms with Crippen LogP contribution in [0.5, 0.6) is 0 Å². The molecule has 4 aliphatic carbocycles. The summed E-state index contributed by atoms with van der Waals surface area (Å²) >= 11 is 2.00. The van der Waals surface area contributed by atoms with Crippen LogP contribution in [0.25, 0.3) is 0 Å². The third kappa shape index (κ3) is 3.66. The Kier molecular flexibility index (Phi) is 5.49. The second kappa shape index (κ2) is 7.80. The summed E-state index contributed by atoms with van der Waals surface area (Å²) < 4.78 is 0. The van der Waals surface area contributed by atoms with E-state index in [0.717, 1.165) is 44.7 Å². The number of thioether (sulfide) groups is 1. The number of benzene rings is 1. The van der Waals surface area contributed by atoms with E-state index in [0.29, 0.717) is 17.7 Å². The molecule has 4 bridgehead atoms. The van der Waals surface area contributed by atoms with Crippen LogP contribution in [-0.2, 0) is 10.2 Å². The van der Waals surface area contributed by atoms with Crippen molar-refractivity contribution in [3.8, 4) is 0 Å². The number of fused-ring (bicyclic) bond motifs is 1. The fraction of sp³-hybridized carbons (Fsp3) is 0.741. The fourth-order valence-electron chi connectivity index (χ4n) is 8.16. The maximum absolute atomic E-state index is 14.3. The van der Waals surface area contributed by atoms with Gasteiger partial charge < -0.3 is 10.6 Å². The number of piperidine rings is 1. The van der Waals surface area contributed by atoms with E-state index in [-0.39, 0.29) is 22.3 Å². The second-order valence-electron chi connectivity index (χ2n) is 12.1. The molecular weight excluding hydrogens is 400 g/mol. The first kappa shape index (κ1) is 21.8. The first-order valence-electron chi connectivity index (χ1n) is 12.4. The maximum Gasteiger partial charge on any atom is 0.228 e. The van der Waals surface area contributed by atoms with E-state index in [1.54, 1.807) is 0 Å². The van der Waals surface area contributed by atoms with Gasteiger partial charge in [-0.15, -0.1) is 0 Å². The highest BCUT2D eigenvalue weighted by molar-refractivity contribution is 7.98. The van der Waals surface area contributed by atoms with Crippen molar-refractivity contribution < 1.29 is 4.79 Å². The standard InChI is InChI=1S/C27H40N2OS/c1-25(2)18-29(10-9-23(25)28)24(30)27-13-19-11-20(16-31-3)21(15-27)14-26(12-19,17-27)22-7-5-4-6-8-22/h4-8,19-21,23H,9-18,28H2,1-3H3/t19?,20?,21?,23-,26?,27?/m0/s1. The number of carbonyl (C=O) groups excluding carboxylic acids is 1. The van der Waals surface area contributed by atoms with Crippen LogP contribution in [-0.4, -0.2) is 41.9 Å². The van der Waals surface area contributed by atoms with Crippen LogP contribution in [0.15, 0.2) is 30.3 Å². The summed E-state index contributed by atoms with van der Waals surface area (Å²) in [5.74, 6) is 3.85. The van der Waals surface area contributed by atoms with Gasteiger partial charge in [0.1, 0.15) is 0 Å².